The van der Waals surface area contributed by atoms with Crippen molar-refractivity contribution in [1.29, 1.82) is 0 Å². The van der Waals surface area contributed by atoms with Crippen LogP contribution < -0.4 is 5.32 Å². The van der Waals surface area contributed by atoms with E-state index in [4.69, 9.17) is 4.74 Å². The Morgan fingerprint density at radius 2 is 1.70 bits per heavy atom. The van der Waals surface area contributed by atoms with Crippen LogP contribution in [0.2, 0.25) is 0 Å². The number of aliphatic hydroxyl groups is 1. The number of hydrogen-bond donors (Lipinski definition) is 3. The summed E-state index contributed by atoms with van der Waals surface area (Å²) in [6.07, 6.45) is 8.00. The maximum Gasteiger partial charge on any atom is 0.309 e. The zero-order valence-corrected chi connectivity index (χ0v) is 35.8. The van der Waals surface area contributed by atoms with E-state index in [1.807, 2.05) is 18.2 Å². The molecule has 1 heterocycles. The van der Waals surface area contributed by atoms with E-state index in [1.165, 1.54) is 5.57 Å². The zero-order valence-electron chi connectivity index (χ0n) is 35.8. The van der Waals surface area contributed by atoms with E-state index in [-0.39, 0.29) is 77.3 Å². The number of esters is 1. The van der Waals surface area contributed by atoms with Gasteiger partial charge in [-0.2, -0.15) is 0 Å². The number of pyridine rings is 1. The minimum absolute atomic E-state index is 0.0160. The Hall–Kier alpha value is -3.11. The number of fused-ring (bicyclic) bond motifs is 7. The summed E-state index contributed by atoms with van der Waals surface area (Å²) in [4.78, 5) is 58.9. The van der Waals surface area contributed by atoms with Crippen LogP contribution in [-0.2, 0) is 30.5 Å². The molecule has 4 fully saturated rings. The molecule has 0 aromatic carbocycles. The van der Waals surface area contributed by atoms with E-state index < -0.39 is 28.9 Å². The molecule has 6 rings (SSSR count). The smallest absolute Gasteiger partial charge is 0.309 e. The number of aliphatic carboxylic acids is 1. The van der Waals surface area contributed by atoms with E-state index in [0.717, 1.165) is 56.2 Å². The van der Waals surface area contributed by atoms with E-state index >= 15 is 0 Å². The van der Waals surface area contributed by atoms with Gasteiger partial charge in [-0.3, -0.25) is 24.2 Å². The van der Waals surface area contributed by atoms with Crippen LogP contribution in [0.5, 0.6) is 0 Å². The Balaban J connectivity index is 1.30. The van der Waals surface area contributed by atoms with E-state index in [1.54, 1.807) is 32.0 Å². The first-order valence-corrected chi connectivity index (χ1v) is 21.3. The maximum atomic E-state index is 14.2. The highest BCUT2D eigenvalue weighted by atomic mass is 16.5. The molecule has 1 amide bonds. The second-order valence-corrected chi connectivity index (χ2v) is 20.7. The fraction of sp³-hybridized carbons (Fsp3) is 0.761. The number of nitrogens with zero attached hydrogens (tertiary/aromatic N) is 2. The number of carbonyl (C=O) groups is 4. The first-order chi connectivity index (χ1) is 26.1. The molecular formula is C46H69N3O7. The summed E-state index contributed by atoms with van der Waals surface area (Å²) in [5.74, 6) is -0.455. The average molecular weight is 776 g/mol. The quantitative estimate of drug-likeness (QED) is 0.185. The molecule has 10 nitrogen and oxygen atoms in total. The summed E-state index contributed by atoms with van der Waals surface area (Å²) >= 11 is 0. The summed E-state index contributed by atoms with van der Waals surface area (Å²) in [5, 5.41) is 25.2. The lowest BCUT2D eigenvalue weighted by molar-refractivity contribution is -0.235. The number of likely N-dealkylation sites (N-methyl/N-ethyl adjacent to an activating group) is 1. The van der Waals surface area contributed by atoms with Crippen molar-refractivity contribution in [3.63, 3.8) is 0 Å². The molecule has 3 N–H and O–H groups in total. The van der Waals surface area contributed by atoms with E-state index in [9.17, 15) is 29.4 Å². The third kappa shape index (κ3) is 6.76. The number of Topliss-reactive ketones (excluding diaryl/α,β-unsaturated/α-hetero) is 1. The van der Waals surface area contributed by atoms with Crippen molar-refractivity contribution in [1.82, 2.24) is 15.2 Å². The van der Waals surface area contributed by atoms with Gasteiger partial charge in [0.2, 0.25) is 5.91 Å². The molecule has 0 aliphatic heterocycles. The summed E-state index contributed by atoms with van der Waals surface area (Å²) < 4.78 is 6.17. The summed E-state index contributed by atoms with van der Waals surface area (Å²) in [6.45, 7) is 20.0. The van der Waals surface area contributed by atoms with E-state index in [2.05, 4.69) is 58.8 Å². The van der Waals surface area contributed by atoms with Gasteiger partial charge >= 0.3 is 11.9 Å². The van der Waals surface area contributed by atoms with Gasteiger partial charge in [-0.25, -0.2) is 0 Å². The average Bonchev–Trinajstić information content (AvgIpc) is 3.43. The molecule has 1 aromatic heterocycles. The summed E-state index contributed by atoms with van der Waals surface area (Å²) in [7, 11) is 1.75. The number of ketones is 1. The van der Waals surface area contributed by atoms with Crippen LogP contribution in [0.4, 0.5) is 0 Å². The summed E-state index contributed by atoms with van der Waals surface area (Å²) in [6, 6.07) is 5.65. The maximum absolute atomic E-state index is 14.2. The van der Waals surface area contributed by atoms with Crippen molar-refractivity contribution in [3.8, 4) is 0 Å². The van der Waals surface area contributed by atoms with Crippen LogP contribution in [0.25, 0.3) is 0 Å². The molecule has 0 radical (unpaired) electrons. The third-order valence-electron chi connectivity index (χ3n) is 16.7. The lowest BCUT2D eigenvalue weighted by Crippen LogP contribution is -2.66. The number of carboxylic acid groups (broad SMARTS) is 1. The Morgan fingerprint density at radius 1 is 0.982 bits per heavy atom. The van der Waals surface area contributed by atoms with Gasteiger partial charge in [0.1, 0.15) is 6.10 Å². The third-order valence-corrected chi connectivity index (χ3v) is 16.7. The standard InChI is InChI=1S/C46H69N3O7/c1-28(2)38-31(50)23-46(34(51)27-49(36(52)25-47-10)26-29-13-11-12-22-48-29)21-20-44(8)30(39(38)46)14-15-33-43(7)18-17-35(56-37(53)24-41(3,4)40(54)55)42(5,6)32(43)16-19-45(33,44)9/h11-13,22,28,30,32-35,47,51H,14-21,23-27H2,1-10H3,(H,54,55)/t30-,32+,33-,34+,35+,43+,44-,45-,46+/m1/s1. The molecule has 5 aliphatic carbocycles. The van der Waals surface area contributed by atoms with Crippen molar-refractivity contribution in [2.24, 2.45) is 56.2 Å². The second kappa shape index (κ2) is 14.9. The molecule has 0 unspecified atom stereocenters. The molecule has 56 heavy (non-hydrogen) atoms. The second-order valence-electron chi connectivity index (χ2n) is 20.7. The topological polar surface area (TPSA) is 146 Å². The van der Waals surface area contributed by atoms with Gasteiger partial charge in [0, 0.05) is 30.0 Å². The minimum atomic E-state index is -1.18. The van der Waals surface area contributed by atoms with Gasteiger partial charge < -0.3 is 25.2 Å². The van der Waals surface area contributed by atoms with Gasteiger partial charge in [0.05, 0.1) is 36.7 Å². The molecule has 1 aromatic rings. The number of aliphatic hydroxyl groups excluding tert-OH is 1. The lowest BCUT2D eigenvalue weighted by atomic mass is 9.33. The molecule has 4 saturated carbocycles. The van der Waals surface area contributed by atoms with Crippen molar-refractivity contribution < 1.29 is 34.1 Å². The molecule has 9 atom stereocenters. The number of nitrogens with one attached hydrogen (secondary N) is 1. The SMILES string of the molecule is CNCC(=O)N(Cc1ccccn1)C[C@H](O)[C@@]12CC[C@]3(C)[C@H](CC[C@@H]4[C@@]5(C)CC[C@H](OC(=O)CC(C)(C)C(=O)O)C(C)(C)[C@@H]5CC[C@]43C)C1=C(C(C)C)C(=O)C2. The van der Waals surface area contributed by atoms with Crippen LogP contribution in [-0.4, -0.2) is 76.1 Å². The van der Waals surface area contributed by atoms with Crippen LogP contribution >= 0.6 is 0 Å². The first-order valence-electron chi connectivity index (χ1n) is 21.3. The highest BCUT2D eigenvalue weighted by Gasteiger charge is 2.71. The van der Waals surface area contributed by atoms with Crippen molar-refractivity contribution in [2.75, 3.05) is 20.1 Å². The van der Waals surface area contributed by atoms with Gasteiger partial charge in [-0.15, -0.1) is 0 Å². The number of ether oxygens (including phenoxy) is 1. The van der Waals surface area contributed by atoms with Crippen LogP contribution in [0.3, 0.4) is 0 Å². The van der Waals surface area contributed by atoms with Gasteiger partial charge in [-0.05, 0) is 130 Å². The normalized spacial score (nSPS) is 35.5. The predicted molar refractivity (Wildman–Crippen MR) is 215 cm³/mol. The van der Waals surface area contributed by atoms with Crippen LogP contribution in [0, 0.1) is 56.2 Å². The number of hydrogen-bond acceptors (Lipinski definition) is 8. The molecule has 0 bridgehead atoms. The molecule has 0 spiro atoms. The zero-order chi connectivity index (χ0) is 41.2. The fourth-order valence-corrected chi connectivity index (χ4v) is 13.5. The largest absolute Gasteiger partial charge is 0.481 e. The Bertz CT molecular complexity index is 1740. The fourth-order valence-electron chi connectivity index (χ4n) is 13.5. The molecule has 0 saturated heterocycles. The van der Waals surface area contributed by atoms with Gasteiger partial charge in [-0.1, -0.05) is 60.1 Å². The predicted octanol–water partition coefficient (Wildman–Crippen LogP) is 7.38. The van der Waals surface area contributed by atoms with Crippen molar-refractivity contribution in [2.45, 2.75) is 145 Å². The molecule has 310 valence electrons. The van der Waals surface area contributed by atoms with Crippen molar-refractivity contribution in [3.05, 3.63) is 41.2 Å². The first kappa shape index (κ1) is 42.5. The molecule has 5 aliphatic rings. The number of rotatable bonds is 12. The summed E-state index contributed by atoms with van der Waals surface area (Å²) in [5.41, 5.74) is 0.575. The highest BCUT2D eigenvalue weighted by molar-refractivity contribution is 6.00. The van der Waals surface area contributed by atoms with E-state index in [0.29, 0.717) is 24.7 Å². The lowest BCUT2D eigenvalue weighted by Gasteiger charge is -2.72. The molecule has 10 heteroatoms. The Morgan fingerprint density at radius 3 is 2.32 bits per heavy atom. The highest BCUT2D eigenvalue weighted by Crippen LogP contribution is 2.77. The number of allylic oxidation sites excluding steroid dienone is 1. The Labute approximate surface area is 335 Å². The molecular weight excluding hydrogens is 707 g/mol. The number of carbonyl (C=O) groups excluding carboxylic acids is 3. The Kier molecular flexibility index (Phi) is 11.3. The van der Waals surface area contributed by atoms with Gasteiger partial charge in [0.25, 0.3) is 0 Å². The van der Waals surface area contributed by atoms with Crippen LogP contribution in [0.1, 0.15) is 132 Å². The number of amides is 1. The monoisotopic (exact) mass is 776 g/mol. The van der Waals surface area contributed by atoms with Crippen molar-refractivity contribution >= 4 is 23.6 Å². The van der Waals surface area contributed by atoms with Crippen LogP contribution in [0.15, 0.2) is 35.5 Å². The van der Waals surface area contributed by atoms with Gasteiger partial charge in [0.15, 0.2) is 5.78 Å². The number of carboxylic acids is 1. The minimum Gasteiger partial charge on any atom is -0.481 e. The number of aromatic nitrogens is 1.